The number of rotatable bonds is 16. The SMILES string of the molecule is C=C(C)C(=O)OCC(CCc1ccc(-c2ccc(CCCCC)cc2)c(CC)c1)COC(=O)C(=C)C(C)(C)O. The maximum Gasteiger partial charge on any atom is 0.336 e. The van der Waals surface area contributed by atoms with Gasteiger partial charge in [-0.1, -0.05) is 82.3 Å². The lowest BCUT2D eigenvalue weighted by molar-refractivity contribution is -0.145. The summed E-state index contributed by atoms with van der Waals surface area (Å²) in [6.45, 7) is 16.4. The molecule has 0 saturated heterocycles. The van der Waals surface area contributed by atoms with Gasteiger partial charge in [-0.3, -0.25) is 0 Å². The normalized spacial score (nSPS) is 12.1. The molecule has 0 aliphatic heterocycles. The van der Waals surface area contributed by atoms with Crippen molar-refractivity contribution in [1.29, 1.82) is 0 Å². The van der Waals surface area contributed by atoms with Crippen LogP contribution in [0.25, 0.3) is 11.1 Å². The van der Waals surface area contributed by atoms with E-state index in [1.54, 1.807) is 6.92 Å². The van der Waals surface area contributed by atoms with E-state index in [9.17, 15) is 14.7 Å². The van der Waals surface area contributed by atoms with E-state index in [1.165, 1.54) is 60.9 Å². The monoisotopic (exact) mass is 534 g/mol. The summed E-state index contributed by atoms with van der Waals surface area (Å²) in [4.78, 5) is 24.3. The molecule has 0 aliphatic carbocycles. The van der Waals surface area contributed by atoms with E-state index in [-0.39, 0.29) is 24.7 Å². The highest BCUT2D eigenvalue weighted by Gasteiger charge is 2.26. The van der Waals surface area contributed by atoms with E-state index in [1.807, 2.05) is 0 Å². The minimum atomic E-state index is -1.37. The highest BCUT2D eigenvalue weighted by atomic mass is 16.5. The Bertz CT molecular complexity index is 1120. The van der Waals surface area contributed by atoms with Gasteiger partial charge in [0.15, 0.2) is 0 Å². The molecule has 0 heterocycles. The van der Waals surface area contributed by atoms with Gasteiger partial charge in [0.25, 0.3) is 0 Å². The Morgan fingerprint density at radius 3 is 2.08 bits per heavy atom. The lowest BCUT2D eigenvalue weighted by atomic mass is 9.92. The molecule has 2 aromatic rings. The van der Waals surface area contributed by atoms with Gasteiger partial charge in [-0.25, -0.2) is 9.59 Å². The highest BCUT2D eigenvalue weighted by Crippen LogP contribution is 2.27. The zero-order valence-corrected chi connectivity index (χ0v) is 24.5. The number of aliphatic hydroxyl groups is 1. The number of unbranched alkanes of at least 4 members (excludes halogenated alkanes) is 2. The Labute approximate surface area is 234 Å². The van der Waals surface area contributed by atoms with Crippen molar-refractivity contribution in [3.05, 3.63) is 83.5 Å². The van der Waals surface area contributed by atoms with Gasteiger partial charge in [0, 0.05) is 11.5 Å². The molecule has 0 radical (unpaired) electrons. The summed E-state index contributed by atoms with van der Waals surface area (Å²) in [5.41, 5.74) is 5.24. The van der Waals surface area contributed by atoms with Gasteiger partial charge in [-0.2, -0.15) is 0 Å². The predicted octanol–water partition coefficient (Wildman–Crippen LogP) is 7.19. The van der Waals surface area contributed by atoms with Crippen LogP contribution in [0.3, 0.4) is 0 Å². The minimum Gasteiger partial charge on any atom is -0.462 e. The first kappa shape index (κ1) is 32.0. The van der Waals surface area contributed by atoms with Gasteiger partial charge >= 0.3 is 11.9 Å². The van der Waals surface area contributed by atoms with Crippen molar-refractivity contribution in [2.75, 3.05) is 13.2 Å². The summed E-state index contributed by atoms with van der Waals surface area (Å²) >= 11 is 0. The second-order valence-corrected chi connectivity index (χ2v) is 10.9. The molecule has 0 aliphatic rings. The molecule has 0 fully saturated rings. The molecular formula is C34H46O5. The largest absolute Gasteiger partial charge is 0.462 e. The van der Waals surface area contributed by atoms with Crippen molar-refractivity contribution in [2.45, 2.75) is 85.2 Å². The van der Waals surface area contributed by atoms with Crippen molar-refractivity contribution < 1.29 is 24.2 Å². The van der Waals surface area contributed by atoms with E-state index >= 15 is 0 Å². The first-order valence-electron chi connectivity index (χ1n) is 14.1. The molecule has 39 heavy (non-hydrogen) atoms. The van der Waals surface area contributed by atoms with Crippen molar-refractivity contribution in [3.8, 4) is 11.1 Å². The molecule has 5 heteroatoms. The first-order chi connectivity index (χ1) is 18.5. The molecule has 1 N–H and O–H groups in total. The average Bonchev–Trinajstić information content (AvgIpc) is 2.91. The summed E-state index contributed by atoms with van der Waals surface area (Å²) < 4.78 is 10.8. The van der Waals surface area contributed by atoms with Gasteiger partial charge in [0.05, 0.1) is 24.4 Å². The van der Waals surface area contributed by atoms with Crippen molar-refractivity contribution in [1.82, 2.24) is 0 Å². The number of esters is 2. The lowest BCUT2D eigenvalue weighted by Crippen LogP contribution is -2.30. The predicted molar refractivity (Wildman–Crippen MR) is 158 cm³/mol. The fourth-order valence-electron chi connectivity index (χ4n) is 4.24. The van der Waals surface area contributed by atoms with Gasteiger partial charge in [0.2, 0.25) is 0 Å². The van der Waals surface area contributed by atoms with Gasteiger partial charge in [0.1, 0.15) is 0 Å². The zero-order valence-electron chi connectivity index (χ0n) is 24.5. The summed E-state index contributed by atoms with van der Waals surface area (Å²) in [6, 6.07) is 15.5. The molecule has 212 valence electrons. The van der Waals surface area contributed by atoms with Crippen LogP contribution < -0.4 is 0 Å². The number of hydrogen-bond donors (Lipinski definition) is 1. The highest BCUT2D eigenvalue weighted by molar-refractivity contribution is 5.89. The van der Waals surface area contributed by atoms with Crippen LogP contribution in [0.15, 0.2) is 66.8 Å². The van der Waals surface area contributed by atoms with Crippen LogP contribution in [0.5, 0.6) is 0 Å². The third-order valence-electron chi connectivity index (χ3n) is 6.96. The third kappa shape index (κ3) is 10.5. The quantitative estimate of drug-likeness (QED) is 0.140. The smallest absolute Gasteiger partial charge is 0.336 e. The summed E-state index contributed by atoms with van der Waals surface area (Å²) in [5, 5.41) is 10.0. The number of benzene rings is 2. The van der Waals surface area contributed by atoms with Crippen LogP contribution in [0.2, 0.25) is 0 Å². The van der Waals surface area contributed by atoms with Crippen LogP contribution in [0, 0.1) is 5.92 Å². The topological polar surface area (TPSA) is 72.8 Å². The summed E-state index contributed by atoms with van der Waals surface area (Å²) in [7, 11) is 0. The van der Waals surface area contributed by atoms with Crippen molar-refractivity contribution in [3.63, 3.8) is 0 Å². The second-order valence-electron chi connectivity index (χ2n) is 10.9. The molecule has 0 amide bonds. The summed E-state index contributed by atoms with van der Waals surface area (Å²) in [6.07, 6.45) is 7.15. The van der Waals surface area contributed by atoms with Crippen molar-refractivity contribution >= 4 is 11.9 Å². The fraction of sp³-hybridized carbons (Fsp3) is 0.471. The number of hydrogen-bond acceptors (Lipinski definition) is 5. The van der Waals surface area contributed by atoms with E-state index in [2.05, 4.69) is 69.5 Å². The number of aryl methyl sites for hydroxylation is 3. The van der Waals surface area contributed by atoms with Gasteiger partial charge in [-0.15, -0.1) is 0 Å². The Morgan fingerprint density at radius 1 is 0.897 bits per heavy atom. The maximum absolute atomic E-state index is 12.4. The molecule has 0 aromatic heterocycles. The summed E-state index contributed by atoms with van der Waals surface area (Å²) in [5.74, 6) is -1.34. The fourth-order valence-corrected chi connectivity index (χ4v) is 4.24. The van der Waals surface area contributed by atoms with Gasteiger partial charge < -0.3 is 14.6 Å². The van der Waals surface area contributed by atoms with Crippen LogP contribution in [-0.4, -0.2) is 35.9 Å². The molecule has 0 spiro atoms. The second kappa shape index (κ2) is 15.4. The Hall–Kier alpha value is -3.18. The number of carbonyl (C=O) groups is 2. The molecule has 0 saturated carbocycles. The molecule has 2 rings (SSSR count). The third-order valence-corrected chi connectivity index (χ3v) is 6.96. The molecule has 1 unspecified atom stereocenters. The Morgan fingerprint density at radius 2 is 1.51 bits per heavy atom. The molecule has 5 nitrogen and oxygen atoms in total. The number of carbonyl (C=O) groups excluding carboxylic acids is 2. The molecule has 2 aromatic carbocycles. The Balaban J connectivity index is 2.09. The minimum absolute atomic E-state index is 0.0163. The van der Waals surface area contributed by atoms with E-state index in [0.29, 0.717) is 12.0 Å². The first-order valence-corrected chi connectivity index (χ1v) is 14.1. The maximum atomic E-state index is 12.4. The average molecular weight is 535 g/mol. The molecule has 0 bridgehead atoms. The van der Waals surface area contributed by atoms with Gasteiger partial charge in [-0.05, 0) is 80.7 Å². The van der Waals surface area contributed by atoms with Crippen LogP contribution >= 0.6 is 0 Å². The zero-order chi connectivity index (χ0) is 29.0. The van der Waals surface area contributed by atoms with Crippen LogP contribution in [-0.2, 0) is 38.3 Å². The van der Waals surface area contributed by atoms with E-state index in [4.69, 9.17) is 9.47 Å². The lowest BCUT2D eigenvalue weighted by Gasteiger charge is -2.21. The molecular weight excluding hydrogens is 488 g/mol. The molecule has 1 atom stereocenters. The van der Waals surface area contributed by atoms with E-state index in [0.717, 1.165) is 19.3 Å². The Kier molecular flexibility index (Phi) is 12.7. The van der Waals surface area contributed by atoms with Crippen LogP contribution in [0.4, 0.5) is 0 Å². The van der Waals surface area contributed by atoms with E-state index < -0.39 is 17.5 Å². The standard InChI is InChI=1S/C34H46O5/c1-8-10-11-12-26-15-18-30(19-16-26)31-20-17-27(21-29(31)9-2)13-14-28(22-38-32(35)24(3)4)23-39-33(36)25(5)34(6,7)37/h15-21,28,37H,3,5,8-14,22-23H2,1-2,4,6-7H3. The number of ether oxygens (including phenoxy) is 2. The van der Waals surface area contributed by atoms with Crippen molar-refractivity contribution in [2.24, 2.45) is 5.92 Å². The van der Waals surface area contributed by atoms with Crippen LogP contribution in [0.1, 0.15) is 77.0 Å².